The Morgan fingerprint density at radius 1 is 0.897 bits per heavy atom. The molecule has 1 atom stereocenters. The van der Waals surface area contributed by atoms with E-state index in [0.29, 0.717) is 18.4 Å². The topological polar surface area (TPSA) is 56.3 Å². The van der Waals surface area contributed by atoms with Crippen molar-refractivity contribution in [2.24, 2.45) is 5.92 Å². The van der Waals surface area contributed by atoms with Crippen molar-refractivity contribution in [3.8, 4) is 5.75 Å². The molecule has 3 aromatic rings. The minimum Gasteiger partial charge on any atom is -0.487 e. The van der Waals surface area contributed by atoms with Crippen LogP contribution >= 0.6 is 0 Å². The highest BCUT2D eigenvalue weighted by Gasteiger charge is 2.18. The van der Waals surface area contributed by atoms with Gasteiger partial charge in [0.1, 0.15) is 12.4 Å². The first kappa shape index (κ1) is 22.1. The molecule has 1 aromatic heterocycles. The minimum atomic E-state index is 0.250. The van der Waals surface area contributed by atoms with Gasteiger partial charge in [-0.05, 0) is 53.3 Å². The van der Waals surface area contributed by atoms with Crippen molar-refractivity contribution in [3.05, 3.63) is 95.3 Å². The Morgan fingerprint density at radius 3 is 1.97 bits per heavy atom. The summed E-state index contributed by atoms with van der Waals surface area (Å²) >= 11 is 0. The molecule has 2 aromatic carbocycles. The highest BCUT2D eigenvalue weighted by molar-refractivity contribution is 5.37. The van der Waals surface area contributed by atoms with Crippen LogP contribution in [-0.2, 0) is 22.6 Å². The lowest BCUT2D eigenvalue weighted by molar-refractivity contribution is -0.191. The van der Waals surface area contributed by atoms with Crippen LogP contribution in [0.5, 0.6) is 5.75 Å². The maximum absolute atomic E-state index is 8.12. The van der Waals surface area contributed by atoms with Crippen LogP contribution in [0.1, 0.15) is 49.1 Å². The molecule has 1 unspecified atom stereocenters. The summed E-state index contributed by atoms with van der Waals surface area (Å²) in [6.45, 7) is 7.25. The van der Waals surface area contributed by atoms with Crippen molar-refractivity contribution in [1.82, 2.24) is 4.98 Å². The number of rotatable bonds is 7. The fourth-order valence-electron chi connectivity index (χ4n) is 3.34. The molecule has 0 aliphatic carbocycles. The fraction of sp³-hybridized carbons (Fsp3) is 0.280. The molecule has 0 N–H and O–H groups in total. The second-order valence-corrected chi connectivity index (χ2v) is 7.08. The minimum absolute atomic E-state index is 0.250. The summed E-state index contributed by atoms with van der Waals surface area (Å²) in [4.78, 5) is 20.5. The van der Waals surface area contributed by atoms with Gasteiger partial charge in [-0.15, -0.1) is 0 Å². The summed E-state index contributed by atoms with van der Waals surface area (Å²) in [7, 11) is 0. The quantitative estimate of drug-likeness (QED) is 0.541. The Morgan fingerprint density at radius 2 is 1.48 bits per heavy atom. The van der Waals surface area contributed by atoms with Gasteiger partial charge in [0.15, 0.2) is 0 Å². The zero-order valence-electron chi connectivity index (χ0n) is 17.2. The highest BCUT2D eigenvalue weighted by atomic mass is 16.5. The zero-order valence-corrected chi connectivity index (χ0v) is 17.2. The third kappa shape index (κ3) is 6.70. The van der Waals surface area contributed by atoms with Crippen LogP contribution < -0.4 is 4.74 Å². The van der Waals surface area contributed by atoms with E-state index in [1.807, 2.05) is 18.2 Å². The van der Waals surface area contributed by atoms with Crippen LogP contribution in [0.25, 0.3) is 0 Å². The monoisotopic (exact) mass is 389 g/mol. The summed E-state index contributed by atoms with van der Waals surface area (Å²) in [6.07, 6.45) is 3.12. The maximum atomic E-state index is 8.12. The molecule has 0 amide bonds. The van der Waals surface area contributed by atoms with Gasteiger partial charge in [0, 0.05) is 12.1 Å². The third-order valence-corrected chi connectivity index (χ3v) is 4.77. The number of aromatic nitrogens is 1. The van der Waals surface area contributed by atoms with Crippen LogP contribution in [0.4, 0.5) is 0 Å². The van der Waals surface area contributed by atoms with Crippen LogP contribution in [0.15, 0.2) is 72.9 Å². The number of pyridine rings is 1. The number of hydrogen-bond acceptors (Lipinski definition) is 4. The molecule has 0 radical (unpaired) electrons. The van der Waals surface area contributed by atoms with Crippen molar-refractivity contribution in [2.45, 2.75) is 39.7 Å². The highest BCUT2D eigenvalue weighted by Crippen LogP contribution is 2.33. The second-order valence-electron chi connectivity index (χ2n) is 7.08. The number of nitrogens with zero attached hydrogens (tertiary/aromatic N) is 1. The van der Waals surface area contributed by atoms with E-state index in [-0.39, 0.29) is 6.15 Å². The average molecular weight is 389 g/mol. The first-order valence-electron chi connectivity index (χ1n) is 9.79. The molecule has 0 fully saturated rings. The predicted octanol–water partition coefficient (Wildman–Crippen LogP) is 5.43. The largest absolute Gasteiger partial charge is 0.487 e. The maximum Gasteiger partial charge on any atom is 0.373 e. The van der Waals surface area contributed by atoms with Crippen molar-refractivity contribution in [1.29, 1.82) is 0 Å². The molecule has 0 saturated carbocycles. The summed E-state index contributed by atoms with van der Waals surface area (Å²) < 4.78 is 5.86. The molecule has 150 valence electrons. The molecule has 1 heterocycles. The Bertz CT molecular complexity index is 882. The van der Waals surface area contributed by atoms with Gasteiger partial charge < -0.3 is 4.74 Å². The Balaban J connectivity index is 0.000000941. The van der Waals surface area contributed by atoms with Gasteiger partial charge in [-0.2, -0.15) is 9.59 Å². The lowest BCUT2D eigenvalue weighted by Gasteiger charge is -2.22. The molecule has 0 spiro atoms. The number of aryl methyl sites for hydroxylation is 1. The van der Waals surface area contributed by atoms with Crippen molar-refractivity contribution < 1.29 is 14.3 Å². The predicted molar refractivity (Wildman–Crippen MR) is 113 cm³/mol. The number of ether oxygens (including phenoxy) is 1. The van der Waals surface area contributed by atoms with Crippen molar-refractivity contribution in [2.75, 3.05) is 0 Å². The van der Waals surface area contributed by atoms with Gasteiger partial charge in [0.25, 0.3) is 0 Å². The molecule has 4 nitrogen and oxygen atoms in total. The van der Waals surface area contributed by atoms with Gasteiger partial charge in [-0.1, -0.05) is 63.2 Å². The summed E-state index contributed by atoms with van der Waals surface area (Å²) in [5.74, 6) is 1.80. The first-order chi connectivity index (χ1) is 14.1. The Hall–Kier alpha value is -3.23. The average Bonchev–Trinajstić information content (AvgIpc) is 2.75. The number of benzene rings is 2. The summed E-state index contributed by atoms with van der Waals surface area (Å²) in [5, 5.41) is 0. The van der Waals surface area contributed by atoms with E-state index in [0.717, 1.165) is 17.9 Å². The molecule has 0 aliphatic rings. The van der Waals surface area contributed by atoms with Gasteiger partial charge in [-0.25, -0.2) is 0 Å². The van der Waals surface area contributed by atoms with Gasteiger partial charge >= 0.3 is 6.15 Å². The van der Waals surface area contributed by atoms with Gasteiger partial charge in [-0.3, -0.25) is 4.98 Å². The molecular weight excluding hydrogens is 362 g/mol. The van der Waals surface area contributed by atoms with Gasteiger partial charge in [0.2, 0.25) is 0 Å². The normalized spacial score (nSPS) is 11.2. The Labute approximate surface area is 172 Å². The van der Waals surface area contributed by atoms with Crippen LogP contribution in [-0.4, -0.2) is 11.1 Å². The van der Waals surface area contributed by atoms with E-state index in [1.165, 1.54) is 16.7 Å². The lowest BCUT2D eigenvalue weighted by Crippen LogP contribution is -2.08. The van der Waals surface area contributed by atoms with E-state index >= 15 is 0 Å². The van der Waals surface area contributed by atoms with Gasteiger partial charge in [0.05, 0.1) is 5.69 Å². The molecule has 0 aliphatic heterocycles. The molecule has 4 heteroatoms. The van der Waals surface area contributed by atoms with E-state index in [4.69, 9.17) is 14.3 Å². The first-order valence-corrected chi connectivity index (χ1v) is 9.79. The standard InChI is InChI=1S/C24H27NO.CO2/c1-4-19-8-10-20(11-9-19)24(18(2)3)21-12-14-23(15-13-21)26-17-22-7-5-6-16-25-22;2-1-3/h5-16,18,24H,4,17H2,1-3H3;. The zero-order chi connectivity index (χ0) is 21.1. The van der Waals surface area contributed by atoms with E-state index < -0.39 is 0 Å². The fourth-order valence-corrected chi connectivity index (χ4v) is 3.34. The summed E-state index contributed by atoms with van der Waals surface area (Å²) in [6, 6.07) is 23.4. The Kier molecular flexibility index (Phi) is 8.81. The molecule has 0 saturated heterocycles. The van der Waals surface area contributed by atoms with E-state index in [9.17, 15) is 0 Å². The van der Waals surface area contributed by atoms with Crippen LogP contribution in [0.2, 0.25) is 0 Å². The lowest BCUT2D eigenvalue weighted by atomic mass is 9.82. The third-order valence-electron chi connectivity index (χ3n) is 4.77. The van der Waals surface area contributed by atoms with E-state index in [2.05, 4.69) is 74.3 Å². The van der Waals surface area contributed by atoms with Crippen LogP contribution in [0, 0.1) is 5.92 Å². The molecule has 29 heavy (non-hydrogen) atoms. The molecule has 0 bridgehead atoms. The number of carbonyl (C=O) groups excluding carboxylic acids is 2. The summed E-state index contributed by atoms with van der Waals surface area (Å²) in [5.41, 5.74) is 5.02. The SMILES string of the molecule is CCc1ccc(C(c2ccc(OCc3ccccn3)cc2)C(C)C)cc1.O=C=O. The smallest absolute Gasteiger partial charge is 0.373 e. The van der Waals surface area contributed by atoms with Crippen LogP contribution in [0.3, 0.4) is 0 Å². The van der Waals surface area contributed by atoms with Crippen molar-refractivity contribution in [3.63, 3.8) is 0 Å². The van der Waals surface area contributed by atoms with Crippen molar-refractivity contribution >= 4 is 6.15 Å². The van der Waals surface area contributed by atoms with E-state index in [1.54, 1.807) is 6.20 Å². The number of hydrogen-bond donors (Lipinski definition) is 0. The molecule has 3 rings (SSSR count). The second kappa shape index (κ2) is 11.6. The molecular formula is C25H27NO3.